The molecule has 1 aromatic rings. The van der Waals surface area contributed by atoms with E-state index in [9.17, 15) is 4.79 Å². The van der Waals surface area contributed by atoms with Gasteiger partial charge in [0.2, 0.25) is 0 Å². The first kappa shape index (κ1) is 12.7. The van der Waals surface area contributed by atoms with Crippen molar-refractivity contribution in [3.8, 4) is 0 Å². The summed E-state index contributed by atoms with van der Waals surface area (Å²) < 4.78 is 0. The smallest absolute Gasteiger partial charge is 0.254 e. The first-order valence-electron chi connectivity index (χ1n) is 5.85. The number of halogens is 2. The van der Waals surface area contributed by atoms with Crippen LogP contribution in [0, 0.1) is 0 Å². The molecule has 1 fully saturated rings. The van der Waals surface area contributed by atoms with Crippen LogP contribution in [0.5, 0.6) is 0 Å². The number of amides is 1. The number of carbonyl (C=O) groups is 1. The minimum atomic E-state index is 0.0621. The van der Waals surface area contributed by atoms with Crippen LogP contribution < -0.4 is 0 Å². The normalized spacial score (nSPS) is 15.4. The lowest BCUT2D eigenvalue weighted by Gasteiger charge is -2.37. The van der Waals surface area contributed by atoms with E-state index in [0.717, 1.165) is 12.8 Å². The second-order valence-corrected chi connectivity index (χ2v) is 5.09. The van der Waals surface area contributed by atoms with E-state index < -0.39 is 0 Å². The highest BCUT2D eigenvalue weighted by Crippen LogP contribution is 2.26. The molecule has 1 saturated carbocycles. The summed E-state index contributed by atoms with van der Waals surface area (Å²) in [5.74, 6) is 0.544. The number of carbonyl (C=O) groups excluding carboxylic acids is 1. The monoisotopic (exact) mass is 271 g/mol. The molecule has 0 N–H and O–H groups in total. The molecule has 0 aliphatic heterocycles. The van der Waals surface area contributed by atoms with Gasteiger partial charge in [0.25, 0.3) is 5.91 Å². The lowest BCUT2D eigenvalue weighted by Crippen LogP contribution is -2.45. The molecule has 17 heavy (non-hydrogen) atoms. The van der Waals surface area contributed by atoms with Crippen LogP contribution in [0.4, 0.5) is 0 Å². The minimum Gasteiger partial charge on any atom is -0.334 e. The summed E-state index contributed by atoms with van der Waals surface area (Å²) in [4.78, 5) is 14.2. The van der Waals surface area contributed by atoms with E-state index in [4.69, 9.17) is 23.2 Å². The van der Waals surface area contributed by atoms with Crippen LogP contribution in [-0.2, 0) is 0 Å². The molecule has 0 spiro atoms. The molecule has 0 radical (unpaired) electrons. The Hall–Kier alpha value is -0.730. The van der Waals surface area contributed by atoms with Gasteiger partial charge in [0.05, 0.1) is 0 Å². The largest absolute Gasteiger partial charge is 0.334 e. The van der Waals surface area contributed by atoms with Crippen LogP contribution in [0.3, 0.4) is 0 Å². The number of benzene rings is 1. The Morgan fingerprint density at radius 2 is 1.94 bits per heavy atom. The molecule has 1 aromatic carbocycles. The maximum atomic E-state index is 12.3. The van der Waals surface area contributed by atoms with E-state index in [1.54, 1.807) is 24.3 Å². The van der Waals surface area contributed by atoms with E-state index in [0.29, 0.717) is 29.1 Å². The molecule has 92 valence electrons. The zero-order valence-electron chi connectivity index (χ0n) is 9.53. The molecule has 0 unspecified atom stereocenters. The van der Waals surface area contributed by atoms with Gasteiger partial charge in [-0.2, -0.15) is 0 Å². The predicted molar refractivity (Wildman–Crippen MR) is 70.8 cm³/mol. The fourth-order valence-corrected chi connectivity index (χ4v) is 2.31. The zero-order valence-corrected chi connectivity index (χ0v) is 11.0. The Kier molecular flexibility index (Phi) is 4.30. The highest BCUT2D eigenvalue weighted by atomic mass is 35.5. The van der Waals surface area contributed by atoms with E-state index in [1.807, 2.05) is 4.90 Å². The van der Waals surface area contributed by atoms with Crippen molar-refractivity contribution < 1.29 is 4.79 Å². The lowest BCUT2D eigenvalue weighted by molar-refractivity contribution is 0.0598. The Morgan fingerprint density at radius 3 is 2.41 bits per heavy atom. The topological polar surface area (TPSA) is 20.3 Å². The van der Waals surface area contributed by atoms with Crippen molar-refractivity contribution in [3.63, 3.8) is 0 Å². The van der Waals surface area contributed by atoms with Gasteiger partial charge < -0.3 is 4.90 Å². The molecule has 0 saturated heterocycles. The summed E-state index contributed by atoms with van der Waals surface area (Å²) >= 11 is 11.6. The fourth-order valence-electron chi connectivity index (χ4n) is 2.00. The third-order valence-corrected chi connectivity index (χ3v) is 3.61. The summed E-state index contributed by atoms with van der Waals surface area (Å²) in [6.07, 6.45) is 3.39. The minimum absolute atomic E-state index is 0.0621. The number of hydrogen-bond donors (Lipinski definition) is 0. The third-order valence-electron chi connectivity index (χ3n) is 3.19. The van der Waals surface area contributed by atoms with Crippen LogP contribution >= 0.6 is 23.2 Å². The Balaban J connectivity index is 2.12. The maximum Gasteiger partial charge on any atom is 0.254 e. The van der Waals surface area contributed by atoms with Crippen LogP contribution in [-0.4, -0.2) is 29.3 Å². The van der Waals surface area contributed by atoms with Gasteiger partial charge in [0.15, 0.2) is 0 Å². The summed E-state index contributed by atoms with van der Waals surface area (Å²) in [5.41, 5.74) is 0.686. The average molecular weight is 272 g/mol. The van der Waals surface area contributed by atoms with Gasteiger partial charge in [-0.25, -0.2) is 0 Å². The van der Waals surface area contributed by atoms with Crippen molar-refractivity contribution in [1.82, 2.24) is 4.90 Å². The van der Waals surface area contributed by atoms with Crippen molar-refractivity contribution in [2.45, 2.75) is 25.3 Å². The van der Waals surface area contributed by atoms with E-state index >= 15 is 0 Å². The molecule has 2 rings (SSSR count). The zero-order chi connectivity index (χ0) is 12.3. The number of alkyl halides is 1. The molecule has 1 aliphatic rings. The highest BCUT2D eigenvalue weighted by Gasteiger charge is 2.28. The first-order valence-corrected chi connectivity index (χ1v) is 6.76. The van der Waals surface area contributed by atoms with Gasteiger partial charge in [-0.3, -0.25) is 4.79 Å². The number of nitrogens with zero attached hydrogens (tertiary/aromatic N) is 1. The molecule has 0 heterocycles. The molecular weight excluding hydrogens is 257 g/mol. The molecule has 0 bridgehead atoms. The molecule has 2 nitrogen and oxygen atoms in total. The van der Waals surface area contributed by atoms with Gasteiger partial charge in [0.1, 0.15) is 0 Å². The summed E-state index contributed by atoms with van der Waals surface area (Å²) in [6.45, 7) is 0.619. The predicted octanol–water partition coefficient (Wildman–Crippen LogP) is 3.57. The van der Waals surface area contributed by atoms with Gasteiger partial charge >= 0.3 is 0 Å². The summed E-state index contributed by atoms with van der Waals surface area (Å²) in [6, 6.07) is 7.40. The van der Waals surface area contributed by atoms with Crippen LogP contribution in [0.25, 0.3) is 0 Å². The van der Waals surface area contributed by atoms with E-state index in [2.05, 4.69) is 0 Å². The maximum absolute atomic E-state index is 12.3. The van der Waals surface area contributed by atoms with Gasteiger partial charge in [0, 0.05) is 29.1 Å². The number of hydrogen-bond acceptors (Lipinski definition) is 1. The lowest BCUT2D eigenvalue weighted by atomic mass is 9.91. The SMILES string of the molecule is O=C(c1ccc(Cl)cc1)N(CCCl)C1CCC1. The van der Waals surface area contributed by atoms with Crippen LogP contribution in [0.15, 0.2) is 24.3 Å². The first-order chi connectivity index (χ1) is 8.22. The molecule has 0 aromatic heterocycles. The van der Waals surface area contributed by atoms with Gasteiger partial charge in [-0.05, 0) is 43.5 Å². The van der Waals surface area contributed by atoms with E-state index in [-0.39, 0.29) is 5.91 Å². The van der Waals surface area contributed by atoms with Crippen molar-refractivity contribution in [1.29, 1.82) is 0 Å². The van der Waals surface area contributed by atoms with Crippen LogP contribution in [0.2, 0.25) is 5.02 Å². The Labute approximate surface area is 112 Å². The second-order valence-electron chi connectivity index (χ2n) is 4.28. The quantitative estimate of drug-likeness (QED) is 0.767. The van der Waals surface area contributed by atoms with E-state index in [1.165, 1.54) is 6.42 Å². The molecule has 4 heteroatoms. The van der Waals surface area contributed by atoms with Crippen LogP contribution in [0.1, 0.15) is 29.6 Å². The Morgan fingerprint density at radius 1 is 1.29 bits per heavy atom. The molecule has 1 amide bonds. The third kappa shape index (κ3) is 2.93. The standard InChI is InChI=1S/C13H15Cl2NO/c14-8-9-16(12-2-1-3-12)13(17)10-4-6-11(15)7-5-10/h4-7,12H,1-3,8-9H2. The van der Waals surface area contributed by atoms with Crippen molar-refractivity contribution >= 4 is 29.1 Å². The van der Waals surface area contributed by atoms with Crippen molar-refractivity contribution in [2.24, 2.45) is 0 Å². The van der Waals surface area contributed by atoms with Crippen molar-refractivity contribution in [2.75, 3.05) is 12.4 Å². The summed E-state index contributed by atoms with van der Waals surface area (Å²) in [5, 5.41) is 0.647. The van der Waals surface area contributed by atoms with Gasteiger partial charge in [-0.15, -0.1) is 11.6 Å². The van der Waals surface area contributed by atoms with Gasteiger partial charge in [-0.1, -0.05) is 11.6 Å². The summed E-state index contributed by atoms with van der Waals surface area (Å²) in [7, 11) is 0. The van der Waals surface area contributed by atoms with Crippen molar-refractivity contribution in [3.05, 3.63) is 34.9 Å². The molecular formula is C13H15Cl2NO. The molecule has 0 atom stereocenters. The Bertz CT molecular complexity index is 387. The highest BCUT2D eigenvalue weighted by molar-refractivity contribution is 6.30. The number of rotatable bonds is 4. The fraction of sp³-hybridized carbons (Fsp3) is 0.462. The second kappa shape index (κ2) is 5.74. The average Bonchev–Trinajstić information content (AvgIpc) is 2.26. The molecule has 1 aliphatic carbocycles.